The van der Waals surface area contributed by atoms with E-state index in [0.29, 0.717) is 25.0 Å². The monoisotopic (exact) mass is 272 g/mol. The molecule has 0 radical (unpaired) electrons. The van der Waals surface area contributed by atoms with Gasteiger partial charge in [-0.1, -0.05) is 6.07 Å². The number of likely N-dealkylation sites (tertiary alicyclic amines) is 1. The molecule has 3 aliphatic rings. The van der Waals surface area contributed by atoms with Gasteiger partial charge in [-0.3, -0.25) is 4.79 Å². The van der Waals surface area contributed by atoms with Crippen LogP contribution in [0.15, 0.2) is 18.2 Å². The van der Waals surface area contributed by atoms with Crippen molar-refractivity contribution in [1.29, 1.82) is 0 Å². The van der Waals surface area contributed by atoms with Gasteiger partial charge in [0.25, 0.3) is 5.91 Å². The molecule has 1 aromatic rings. The Morgan fingerprint density at radius 1 is 1.20 bits per heavy atom. The van der Waals surface area contributed by atoms with Gasteiger partial charge in [0.05, 0.1) is 13.2 Å². The summed E-state index contributed by atoms with van der Waals surface area (Å²) in [6.07, 6.45) is 2.29. The zero-order valence-corrected chi connectivity index (χ0v) is 11.5. The standard InChI is InChI=1S/C16H20N2O2/c17-15-4-3-11-6-18(7-14(11)15)16(19)10-1-2-12-8-20-9-13(12)5-10/h1-2,5,11,14-15H,3-4,6-9,17H2. The molecule has 106 valence electrons. The Bertz CT molecular complexity index is 557. The maximum absolute atomic E-state index is 12.6. The molecule has 2 N–H and O–H groups in total. The maximum Gasteiger partial charge on any atom is 0.253 e. The number of benzene rings is 1. The van der Waals surface area contributed by atoms with Crippen LogP contribution >= 0.6 is 0 Å². The van der Waals surface area contributed by atoms with E-state index in [-0.39, 0.29) is 11.9 Å². The van der Waals surface area contributed by atoms with Crippen LogP contribution in [0.25, 0.3) is 0 Å². The van der Waals surface area contributed by atoms with Gasteiger partial charge in [0.1, 0.15) is 0 Å². The van der Waals surface area contributed by atoms with Crippen LogP contribution in [-0.2, 0) is 18.0 Å². The van der Waals surface area contributed by atoms with E-state index in [0.717, 1.165) is 30.6 Å². The minimum Gasteiger partial charge on any atom is -0.372 e. The first-order valence-corrected chi connectivity index (χ1v) is 7.47. The van der Waals surface area contributed by atoms with Crippen LogP contribution in [-0.4, -0.2) is 29.9 Å². The summed E-state index contributed by atoms with van der Waals surface area (Å²) in [6, 6.07) is 6.24. The second-order valence-corrected chi connectivity index (χ2v) is 6.35. The van der Waals surface area contributed by atoms with Gasteiger partial charge in [-0.2, -0.15) is 0 Å². The van der Waals surface area contributed by atoms with Crippen LogP contribution in [0.2, 0.25) is 0 Å². The minimum atomic E-state index is 0.154. The molecule has 1 saturated carbocycles. The molecular formula is C16H20N2O2. The molecule has 1 aromatic carbocycles. The molecule has 1 amide bonds. The second kappa shape index (κ2) is 4.57. The maximum atomic E-state index is 12.6. The first kappa shape index (κ1) is 12.4. The van der Waals surface area contributed by atoms with E-state index in [9.17, 15) is 4.79 Å². The highest BCUT2D eigenvalue weighted by Crippen LogP contribution is 2.37. The van der Waals surface area contributed by atoms with Crippen molar-refractivity contribution in [2.75, 3.05) is 13.1 Å². The zero-order chi connectivity index (χ0) is 13.7. The average Bonchev–Trinajstić information content (AvgIpc) is 3.14. The average molecular weight is 272 g/mol. The van der Waals surface area contributed by atoms with Crippen LogP contribution in [0, 0.1) is 11.8 Å². The first-order chi connectivity index (χ1) is 9.72. The Labute approximate surface area is 118 Å². The van der Waals surface area contributed by atoms with Gasteiger partial charge < -0.3 is 15.4 Å². The fourth-order valence-corrected chi connectivity index (χ4v) is 3.96. The quantitative estimate of drug-likeness (QED) is 0.843. The third-order valence-corrected chi connectivity index (χ3v) is 5.17. The van der Waals surface area contributed by atoms with Gasteiger partial charge in [0.15, 0.2) is 0 Å². The Kier molecular flexibility index (Phi) is 2.82. The predicted molar refractivity (Wildman–Crippen MR) is 75.0 cm³/mol. The lowest BCUT2D eigenvalue weighted by Crippen LogP contribution is -2.33. The van der Waals surface area contributed by atoms with E-state index in [4.69, 9.17) is 10.5 Å². The lowest BCUT2D eigenvalue weighted by Gasteiger charge is -2.19. The smallest absolute Gasteiger partial charge is 0.253 e. The number of hydrogen-bond donors (Lipinski definition) is 1. The molecule has 0 spiro atoms. The molecule has 4 nitrogen and oxygen atoms in total. The number of ether oxygens (including phenoxy) is 1. The summed E-state index contributed by atoms with van der Waals surface area (Å²) >= 11 is 0. The Hall–Kier alpha value is -1.39. The van der Waals surface area contributed by atoms with Crippen molar-refractivity contribution in [3.8, 4) is 0 Å². The summed E-state index contributed by atoms with van der Waals surface area (Å²) in [5.41, 5.74) is 9.30. The highest BCUT2D eigenvalue weighted by molar-refractivity contribution is 5.94. The van der Waals surface area contributed by atoms with Crippen LogP contribution in [0.1, 0.15) is 34.3 Å². The molecule has 2 heterocycles. The third-order valence-electron chi connectivity index (χ3n) is 5.17. The first-order valence-electron chi connectivity index (χ1n) is 7.47. The lowest BCUT2D eigenvalue weighted by atomic mass is 9.98. The third kappa shape index (κ3) is 1.86. The van der Waals surface area contributed by atoms with Crippen molar-refractivity contribution >= 4 is 5.91 Å². The fraction of sp³-hybridized carbons (Fsp3) is 0.562. The SMILES string of the molecule is NC1CCC2CN(C(=O)c3ccc4c(c3)COC4)CC12. The number of carbonyl (C=O) groups is 1. The molecule has 4 heteroatoms. The molecule has 0 bridgehead atoms. The zero-order valence-electron chi connectivity index (χ0n) is 11.5. The van der Waals surface area contributed by atoms with E-state index in [1.165, 1.54) is 12.0 Å². The van der Waals surface area contributed by atoms with Crippen molar-refractivity contribution in [3.63, 3.8) is 0 Å². The molecular weight excluding hydrogens is 252 g/mol. The van der Waals surface area contributed by atoms with Crippen molar-refractivity contribution in [1.82, 2.24) is 4.90 Å². The number of carbonyl (C=O) groups excluding carboxylic acids is 1. The molecule has 2 aliphatic heterocycles. The summed E-state index contributed by atoms with van der Waals surface area (Å²) < 4.78 is 5.41. The molecule has 3 unspecified atom stereocenters. The van der Waals surface area contributed by atoms with E-state index >= 15 is 0 Å². The van der Waals surface area contributed by atoms with Gasteiger partial charge in [-0.05, 0) is 47.9 Å². The van der Waals surface area contributed by atoms with E-state index < -0.39 is 0 Å². The number of rotatable bonds is 1. The van der Waals surface area contributed by atoms with E-state index in [1.807, 2.05) is 23.1 Å². The van der Waals surface area contributed by atoms with Crippen LogP contribution in [0.4, 0.5) is 0 Å². The second-order valence-electron chi connectivity index (χ2n) is 6.35. The Balaban J connectivity index is 1.53. The molecule has 3 atom stereocenters. The summed E-state index contributed by atoms with van der Waals surface area (Å²) in [7, 11) is 0. The van der Waals surface area contributed by atoms with Crippen LogP contribution in [0.3, 0.4) is 0 Å². The van der Waals surface area contributed by atoms with Crippen molar-refractivity contribution in [2.45, 2.75) is 32.1 Å². The highest BCUT2D eigenvalue weighted by Gasteiger charge is 2.42. The number of hydrogen-bond acceptors (Lipinski definition) is 3. The molecule has 1 saturated heterocycles. The normalized spacial score (nSPS) is 31.4. The Morgan fingerprint density at radius 3 is 2.90 bits per heavy atom. The summed E-state index contributed by atoms with van der Waals surface area (Å²) in [6.45, 7) is 3.02. The van der Waals surface area contributed by atoms with Gasteiger partial charge in [-0.25, -0.2) is 0 Å². The molecule has 1 aliphatic carbocycles. The number of amides is 1. The van der Waals surface area contributed by atoms with Crippen LogP contribution < -0.4 is 5.73 Å². The minimum absolute atomic E-state index is 0.154. The summed E-state index contributed by atoms with van der Waals surface area (Å²) in [4.78, 5) is 14.6. The lowest BCUT2D eigenvalue weighted by molar-refractivity contribution is 0.0779. The summed E-state index contributed by atoms with van der Waals surface area (Å²) in [5.74, 6) is 1.28. The van der Waals surface area contributed by atoms with Gasteiger partial charge in [0, 0.05) is 24.7 Å². The number of nitrogens with zero attached hydrogens (tertiary/aromatic N) is 1. The fourth-order valence-electron chi connectivity index (χ4n) is 3.96. The van der Waals surface area contributed by atoms with Crippen molar-refractivity contribution in [2.24, 2.45) is 17.6 Å². The van der Waals surface area contributed by atoms with Crippen molar-refractivity contribution in [3.05, 3.63) is 34.9 Å². The number of fused-ring (bicyclic) bond motifs is 2. The summed E-state index contributed by atoms with van der Waals surface area (Å²) in [5, 5.41) is 0. The van der Waals surface area contributed by atoms with Crippen molar-refractivity contribution < 1.29 is 9.53 Å². The van der Waals surface area contributed by atoms with Gasteiger partial charge >= 0.3 is 0 Å². The topological polar surface area (TPSA) is 55.6 Å². The van der Waals surface area contributed by atoms with E-state index in [2.05, 4.69) is 0 Å². The predicted octanol–water partition coefficient (Wildman–Crippen LogP) is 1.53. The molecule has 20 heavy (non-hydrogen) atoms. The van der Waals surface area contributed by atoms with Crippen LogP contribution in [0.5, 0.6) is 0 Å². The largest absolute Gasteiger partial charge is 0.372 e. The molecule has 2 fully saturated rings. The Morgan fingerprint density at radius 2 is 2.05 bits per heavy atom. The van der Waals surface area contributed by atoms with Gasteiger partial charge in [0.2, 0.25) is 0 Å². The molecule has 4 rings (SSSR count). The highest BCUT2D eigenvalue weighted by atomic mass is 16.5. The van der Waals surface area contributed by atoms with Gasteiger partial charge in [-0.15, -0.1) is 0 Å². The number of nitrogens with two attached hydrogens (primary N) is 1. The van der Waals surface area contributed by atoms with E-state index in [1.54, 1.807) is 0 Å². The molecule has 0 aromatic heterocycles.